The monoisotopic (exact) mass is 267 g/mol. The molecular formula is C11H13N3O3S. The Balaban J connectivity index is 1.99. The van der Waals surface area contributed by atoms with E-state index >= 15 is 0 Å². The Hall–Kier alpha value is -1.73. The van der Waals surface area contributed by atoms with E-state index in [1.54, 1.807) is 0 Å². The average molecular weight is 267 g/mol. The lowest BCUT2D eigenvalue weighted by molar-refractivity contribution is 0.379. The third kappa shape index (κ3) is 3.64. The van der Waals surface area contributed by atoms with Crippen molar-refractivity contribution >= 4 is 10.0 Å². The maximum Gasteiger partial charge on any atom is 0.228 e. The van der Waals surface area contributed by atoms with Crippen LogP contribution < -0.4 is 4.72 Å². The van der Waals surface area contributed by atoms with Crippen LogP contribution in [0.15, 0.2) is 34.9 Å². The molecule has 0 radical (unpaired) electrons. The molecule has 0 spiro atoms. The highest BCUT2D eigenvalue weighted by molar-refractivity contribution is 7.88. The average Bonchev–Trinajstić information content (AvgIpc) is 2.77. The lowest BCUT2D eigenvalue weighted by atomic mass is 10.2. The molecule has 0 fully saturated rings. The quantitative estimate of drug-likeness (QED) is 0.867. The van der Waals surface area contributed by atoms with Gasteiger partial charge < -0.3 is 4.52 Å². The van der Waals surface area contributed by atoms with E-state index in [0.29, 0.717) is 18.1 Å². The predicted molar refractivity (Wildman–Crippen MR) is 66.3 cm³/mol. The molecule has 0 saturated carbocycles. The molecule has 1 aromatic heterocycles. The molecule has 1 heterocycles. The fraction of sp³-hybridized carbons (Fsp3) is 0.273. The van der Waals surface area contributed by atoms with Gasteiger partial charge in [0, 0.05) is 18.5 Å². The van der Waals surface area contributed by atoms with Crippen molar-refractivity contribution in [3.8, 4) is 11.4 Å². The number of benzene rings is 1. The maximum absolute atomic E-state index is 10.9. The minimum atomic E-state index is -3.18. The van der Waals surface area contributed by atoms with Gasteiger partial charge in [0.15, 0.2) is 0 Å². The van der Waals surface area contributed by atoms with E-state index in [9.17, 15) is 8.42 Å². The second kappa shape index (κ2) is 5.28. The van der Waals surface area contributed by atoms with Crippen LogP contribution in [0.5, 0.6) is 0 Å². The number of nitrogens with zero attached hydrogens (tertiary/aromatic N) is 2. The second-order valence-electron chi connectivity index (χ2n) is 3.79. The first kappa shape index (κ1) is 12.7. The lowest BCUT2D eigenvalue weighted by Crippen LogP contribution is -2.24. The zero-order valence-corrected chi connectivity index (χ0v) is 10.6. The van der Waals surface area contributed by atoms with E-state index in [2.05, 4.69) is 14.9 Å². The molecule has 18 heavy (non-hydrogen) atoms. The zero-order chi connectivity index (χ0) is 13.0. The van der Waals surface area contributed by atoms with Crippen LogP contribution in [0.3, 0.4) is 0 Å². The smallest absolute Gasteiger partial charge is 0.228 e. The first-order valence-electron chi connectivity index (χ1n) is 5.37. The predicted octanol–water partition coefficient (Wildman–Crippen LogP) is 0.828. The SMILES string of the molecule is CS(=O)(=O)NCCc1nc(-c2ccccc2)no1. The highest BCUT2D eigenvalue weighted by Gasteiger charge is 2.08. The lowest BCUT2D eigenvalue weighted by Gasteiger charge is -1.97. The van der Waals surface area contributed by atoms with Gasteiger partial charge in [-0.2, -0.15) is 4.98 Å². The van der Waals surface area contributed by atoms with Gasteiger partial charge >= 0.3 is 0 Å². The van der Waals surface area contributed by atoms with E-state index in [-0.39, 0.29) is 6.54 Å². The summed E-state index contributed by atoms with van der Waals surface area (Å²) in [6.07, 6.45) is 1.48. The van der Waals surface area contributed by atoms with Crippen LogP contribution in [-0.2, 0) is 16.4 Å². The van der Waals surface area contributed by atoms with Gasteiger partial charge in [0.2, 0.25) is 21.7 Å². The fourth-order valence-corrected chi connectivity index (χ4v) is 1.88. The van der Waals surface area contributed by atoms with Crippen LogP contribution in [0.2, 0.25) is 0 Å². The zero-order valence-electron chi connectivity index (χ0n) is 9.83. The van der Waals surface area contributed by atoms with Gasteiger partial charge in [-0.1, -0.05) is 35.5 Å². The van der Waals surface area contributed by atoms with Gasteiger partial charge in [-0.3, -0.25) is 0 Å². The molecule has 0 aliphatic heterocycles. The van der Waals surface area contributed by atoms with Gasteiger partial charge in [-0.25, -0.2) is 13.1 Å². The highest BCUT2D eigenvalue weighted by Crippen LogP contribution is 2.14. The molecule has 0 saturated heterocycles. The molecule has 0 atom stereocenters. The van der Waals surface area contributed by atoms with Crippen molar-refractivity contribution in [1.82, 2.24) is 14.9 Å². The molecule has 0 bridgehead atoms. The Morgan fingerprint density at radius 3 is 2.67 bits per heavy atom. The van der Waals surface area contributed by atoms with Gasteiger partial charge in [0.05, 0.1) is 6.26 Å². The summed E-state index contributed by atoms with van der Waals surface area (Å²) in [5.74, 6) is 0.912. The van der Waals surface area contributed by atoms with Crippen LogP contribution in [-0.4, -0.2) is 31.4 Å². The van der Waals surface area contributed by atoms with E-state index < -0.39 is 10.0 Å². The molecule has 0 unspecified atom stereocenters. The van der Waals surface area contributed by atoms with Crippen LogP contribution in [0.4, 0.5) is 0 Å². The molecule has 96 valence electrons. The summed E-state index contributed by atoms with van der Waals surface area (Å²) in [5, 5.41) is 3.84. The van der Waals surface area contributed by atoms with Gasteiger partial charge in [-0.05, 0) is 0 Å². The summed E-state index contributed by atoms with van der Waals surface area (Å²) in [6, 6.07) is 9.43. The van der Waals surface area contributed by atoms with Crippen molar-refractivity contribution in [2.45, 2.75) is 6.42 Å². The maximum atomic E-state index is 10.9. The Kier molecular flexibility index (Phi) is 3.73. The second-order valence-corrected chi connectivity index (χ2v) is 5.63. The number of hydrogen-bond acceptors (Lipinski definition) is 5. The van der Waals surface area contributed by atoms with E-state index in [1.165, 1.54) is 0 Å². The molecule has 2 rings (SSSR count). The Morgan fingerprint density at radius 2 is 2.00 bits per heavy atom. The molecule has 2 aromatic rings. The number of aromatic nitrogens is 2. The number of nitrogens with one attached hydrogen (secondary N) is 1. The molecular weight excluding hydrogens is 254 g/mol. The molecule has 1 N–H and O–H groups in total. The van der Waals surface area contributed by atoms with Crippen molar-refractivity contribution in [2.24, 2.45) is 0 Å². The minimum absolute atomic E-state index is 0.245. The van der Waals surface area contributed by atoms with Crippen LogP contribution in [0, 0.1) is 0 Å². The summed E-state index contributed by atoms with van der Waals surface area (Å²) < 4.78 is 29.1. The minimum Gasteiger partial charge on any atom is -0.339 e. The number of sulfonamides is 1. The fourth-order valence-electron chi connectivity index (χ4n) is 1.40. The topological polar surface area (TPSA) is 85.1 Å². The summed E-state index contributed by atoms with van der Waals surface area (Å²) in [6.45, 7) is 0.245. The molecule has 7 heteroatoms. The molecule has 1 aromatic carbocycles. The van der Waals surface area contributed by atoms with Gasteiger partial charge in [0.1, 0.15) is 0 Å². The van der Waals surface area contributed by atoms with Crippen LogP contribution in [0.25, 0.3) is 11.4 Å². The summed E-state index contributed by atoms with van der Waals surface area (Å²) >= 11 is 0. The summed E-state index contributed by atoms with van der Waals surface area (Å²) in [5.41, 5.74) is 0.864. The van der Waals surface area contributed by atoms with Crippen molar-refractivity contribution < 1.29 is 12.9 Å². The normalized spacial score (nSPS) is 11.6. The molecule has 0 aliphatic carbocycles. The Labute approximate surface area is 105 Å². The van der Waals surface area contributed by atoms with Gasteiger partial charge in [-0.15, -0.1) is 0 Å². The van der Waals surface area contributed by atoms with E-state index in [0.717, 1.165) is 11.8 Å². The Morgan fingerprint density at radius 1 is 1.28 bits per heavy atom. The van der Waals surface area contributed by atoms with Crippen molar-refractivity contribution in [3.05, 3.63) is 36.2 Å². The van der Waals surface area contributed by atoms with Crippen molar-refractivity contribution in [2.75, 3.05) is 12.8 Å². The van der Waals surface area contributed by atoms with Crippen molar-refractivity contribution in [3.63, 3.8) is 0 Å². The third-order valence-electron chi connectivity index (χ3n) is 2.20. The summed E-state index contributed by atoms with van der Waals surface area (Å²) in [7, 11) is -3.18. The standard InChI is InChI=1S/C11H13N3O3S/c1-18(15,16)12-8-7-10-13-11(14-17-10)9-5-3-2-4-6-9/h2-6,12H,7-8H2,1H3. The largest absolute Gasteiger partial charge is 0.339 e. The Bertz CT molecular complexity index is 607. The molecule has 0 amide bonds. The molecule has 6 nitrogen and oxygen atoms in total. The van der Waals surface area contributed by atoms with Gasteiger partial charge in [0.25, 0.3) is 0 Å². The first-order chi connectivity index (χ1) is 8.54. The number of rotatable bonds is 5. The third-order valence-corrected chi connectivity index (χ3v) is 2.93. The van der Waals surface area contributed by atoms with Crippen molar-refractivity contribution in [1.29, 1.82) is 0 Å². The van der Waals surface area contributed by atoms with Crippen LogP contribution >= 0.6 is 0 Å². The first-order valence-corrected chi connectivity index (χ1v) is 7.26. The number of hydrogen-bond donors (Lipinski definition) is 1. The van der Waals surface area contributed by atoms with E-state index in [1.807, 2.05) is 30.3 Å². The van der Waals surface area contributed by atoms with Crippen LogP contribution in [0.1, 0.15) is 5.89 Å². The van der Waals surface area contributed by atoms with E-state index in [4.69, 9.17) is 4.52 Å². The summed E-state index contributed by atoms with van der Waals surface area (Å²) in [4.78, 5) is 4.19. The molecule has 0 aliphatic rings. The highest BCUT2D eigenvalue weighted by atomic mass is 32.2.